The van der Waals surface area contributed by atoms with Crippen molar-refractivity contribution in [3.63, 3.8) is 0 Å². The second-order valence-corrected chi connectivity index (χ2v) is 8.57. The number of fused-ring (bicyclic) bond motifs is 3. The normalized spacial score (nSPS) is 28.0. The number of carboxylic acid groups (broad SMARTS) is 1. The van der Waals surface area contributed by atoms with Crippen molar-refractivity contribution in [1.82, 2.24) is 0 Å². The Morgan fingerprint density at radius 3 is 2.59 bits per heavy atom. The Labute approximate surface area is 161 Å². The van der Waals surface area contributed by atoms with Crippen LogP contribution in [0.5, 0.6) is 0 Å². The zero-order valence-corrected chi connectivity index (χ0v) is 16.0. The first-order chi connectivity index (χ1) is 13.0. The van der Waals surface area contributed by atoms with Gasteiger partial charge in [0.15, 0.2) is 0 Å². The van der Waals surface area contributed by atoms with E-state index in [0.717, 1.165) is 36.1 Å². The van der Waals surface area contributed by atoms with Gasteiger partial charge in [-0.2, -0.15) is 0 Å². The lowest BCUT2D eigenvalue weighted by atomic mass is 9.82. The van der Waals surface area contributed by atoms with E-state index in [1.165, 1.54) is 11.3 Å². The molecular formula is C20H23NO5S. The number of anilines is 1. The Hall–Kier alpha value is -2.15. The Morgan fingerprint density at radius 1 is 1.19 bits per heavy atom. The molecule has 0 saturated heterocycles. The SMILES string of the molecule is CCOC(=O)c1c(NC(=O)[C@H]2[C@@H](C(=O)O)[C@@H]3C=C[C@@H]2C3)sc2c1CCCC2. The number of aryl methyl sites for hydroxylation is 1. The van der Waals surface area contributed by atoms with Crippen molar-refractivity contribution in [2.45, 2.75) is 39.0 Å². The molecule has 0 aliphatic heterocycles. The fourth-order valence-corrected chi connectivity index (χ4v) is 6.07. The van der Waals surface area contributed by atoms with Gasteiger partial charge in [-0.1, -0.05) is 12.2 Å². The Balaban J connectivity index is 1.63. The van der Waals surface area contributed by atoms with Gasteiger partial charge in [0.1, 0.15) is 5.00 Å². The molecule has 1 heterocycles. The standard InChI is InChI=1S/C20H23NO5S/c1-2-26-20(25)16-12-5-3-4-6-13(12)27-18(16)21-17(22)14-10-7-8-11(9-10)15(14)19(23)24/h7-8,10-11,14-15H,2-6,9H2,1H3,(H,21,22)(H,23,24)/t10-,11-,14-,15+/m1/s1. The summed E-state index contributed by atoms with van der Waals surface area (Å²) in [6.07, 6.45) is 8.38. The van der Waals surface area contributed by atoms with Crippen molar-refractivity contribution in [1.29, 1.82) is 0 Å². The fraction of sp³-hybridized carbons (Fsp3) is 0.550. The highest BCUT2D eigenvalue weighted by molar-refractivity contribution is 7.17. The highest BCUT2D eigenvalue weighted by atomic mass is 32.1. The molecule has 1 amide bonds. The van der Waals surface area contributed by atoms with Crippen molar-refractivity contribution in [2.75, 3.05) is 11.9 Å². The van der Waals surface area contributed by atoms with E-state index in [4.69, 9.17) is 4.74 Å². The summed E-state index contributed by atoms with van der Waals surface area (Å²) < 4.78 is 5.22. The summed E-state index contributed by atoms with van der Waals surface area (Å²) in [7, 11) is 0. The maximum Gasteiger partial charge on any atom is 0.341 e. The molecule has 3 aliphatic rings. The molecule has 4 atom stereocenters. The number of hydrogen-bond donors (Lipinski definition) is 2. The first kappa shape index (κ1) is 18.2. The molecule has 7 heteroatoms. The highest BCUT2D eigenvalue weighted by Crippen LogP contribution is 2.49. The van der Waals surface area contributed by atoms with E-state index in [2.05, 4.69) is 5.32 Å². The number of thiophene rings is 1. The van der Waals surface area contributed by atoms with Crippen molar-refractivity contribution in [2.24, 2.45) is 23.7 Å². The number of carbonyl (C=O) groups excluding carboxylic acids is 2. The van der Waals surface area contributed by atoms with Gasteiger partial charge >= 0.3 is 11.9 Å². The molecule has 27 heavy (non-hydrogen) atoms. The van der Waals surface area contributed by atoms with Gasteiger partial charge in [0.05, 0.1) is 24.0 Å². The van der Waals surface area contributed by atoms with E-state index in [1.807, 2.05) is 12.2 Å². The Morgan fingerprint density at radius 2 is 1.89 bits per heavy atom. The predicted molar refractivity (Wildman–Crippen MR) is 101 cm³/mol. The summed E-state index contributed by atoms with van der Waals surface area (Å²) in [5.74, 6) is -3.05. The van der Waals surface area contributed by atoms with Gasteiger partial charge in [-0.25, -0.2) is 4.79 Å². The van der Waals surface area contributed by atoms with Crippen molar-refractivity contribution in [3.8, 4) is 0 Å². The molecule has 2 bridgehead atoms. The third-order valence-corrected chi connectivity index (χ3v) is 7.14. The maximum absolute atomic E-state index is 13.0. The van der Waals surface area contributed by atoms with Crippen LogP contribution in [-0.4, -0.2) is 29.6 Å². The zero-order valence-electron chi connectivity index (χ0n) is 15.2. The smallest absolute Gasteiger partial charge is 0.341 e. The van der Waals surface area contributed by atoms with E-state index in [0.29, 0.717) is 17.0 Å². The monoisotopic (exact) mass is 389 g/mol. The lowest BCUT2D eigenvalue weighted by Crippen LogP contribution is -2.36. The van der Waals surface area contributed by atoms with E-state index >= 15 is 0 Å². The molecule has 1 aromatic heterocycles. The second-order valence-electron chi connectivity index (χ2n) is 7.46. The van der Waals surface area contributed by atoms with Crippen LogP contribution in [0.15, 0.2) is 12.2 Å². The van der Waals surface area contributed by atoms with Crippen LogP contribution in [0.25, 0.3) is 0 Å². The number of aliphatic carboxylic acids is 1. The minimum absolute atomic E-state index is 0.0447. The zero-order chi connectivity index (χ0) is 19.1. The van der Waals surface area contributed by atoms with E-state index in [-0.39, 0.29) is 24.3 Å². The quantitative estimate of drug-likeness (QED) is 0.596. The lowest BCUT2D eigenvalue weighted by molar-refractivity contribution is -0.146. The molecule has 1 aromatic rings. The van der Waals surface area contributed by atoms with Crippen LogP contribution in [0.2, 0.25) is 0 Å². The first-order valence-corrected chi connectivity index (χ1v) is 10.4. The van der Waals surface area contributed by atoms with Gasteiger partial charge < -0.3 is 15.2 Å². The highest BCUT2D eigenvalue weighted by Gasteiger charge is 2.51. The van der Waals surface area contributed by atoms with Crippen LogP contribution in [0.1, 0.15) is 47.0 Å². The number of allylic oxidation sites excluding steroid dienone is 2. The molecule has 6 nitrogen and oxygen atoms in total. The van der Waals surface area contributed by atoms with Crippen molar-refractivity contribution >= 4 is 34.2 Å². The van der Waals surface area contributed by atoms with Gasteiger partial charge in [0, 0.05) is 4.88 Å². The molecule has 0 spiro atoms. The van der Waals surface area contributed by atoms with E-state index < -0.39 is 23.8 Å². The summed E-state index contributed by atoms with van der Waals surface area (Å²) in [5, 5.41) is 13.0. The molecule has 0 radical (unpaired) electrons. The number of nitrogens with one attached hydrogen (secondary N) is 1. The molecule has 144 valence electrons. The molecule has 0 aromatic carbocycles. The van der Waals surface area contributed by atoms with Crippen molar-refractivity contribution in [3.05, 3.63) is 28.2 Å². The summed E-state index contributed by atoms with van der Waals surface area (Å²) in [6.45, 7) is 2.03. The molecule has 3 aliphatic carbocycles. The van der Waals surface area contributed by atoms with Gasteiger partial charge in [-0.05, 0) is 56.4 Å². The van der Waals surface area contributed by atoms with E-state index in [1.54, 1.807) is 6.92 Å². The van der Waals surface area contributed by atoms with Crippen LogP contribution in [-0.2, 0) is 27.2 Å². The molecule has 0 unspecified atom stereocenters. The van der Waals surface area contributed by atoms with Crippen molar-refractivity contribution < 1.29 is 24.2 Å². The average Bonchev–Trinajstić information content (AvgIpc) is 3.33. The van der Waals surface area contributed by atoms with Crippen LogP contribution in [0.4, 0.5) is 5.00 Å². The number of hydrogen-bond acceptors (Lipinski definition) is 5. The summed E-state index contributed by atoms with van der Waals surface area (Å²) >= 11 is 1.43. The first-order valence-electron chi connectivity index (χ1n) is 9.55. The van der Waals surface area contributed by atoms with Crippen LogP contribution in [0.3, 0.4) is 0 Å². The van der Waals surface area contributed by atoms with Gasteiger partial charge in [0.25, 0.3) is 0 Å². The third-order valence-electron chi connectivity index (χ3n) is 5.93. The number of carbonyl (C=O) groups is 3. The van der Waals surface area contributed by atoms with Gasteiger partial charge in [-0.3, -0.25) is 9.59 Å². The van der Waals surface area contributed by atoms with Crippen LogP contribution in [0, 0.1) is 23.7 Å². The maximum atomic E-state index is 13.0. The number of esters is 1. The number of carboxylic acids is 1. The minimum Gasteiger partial charge on any atom is -0.481 e. The molecule has 2 N–H and O–H groups in total. The largest absolute Gasteiger partial charge is 0.481 e. The predicted octanol–water partition coefficient (Wildman–Crippen LogP) is 3.27. The van der Waals surface area contributed by atoms with Crippen LogP contribution < -0.4 is 5.32 Å². The second kappa shape index (κ2) is 7.11. The van der Waals surface area contributed by atoms with Gasteiger partial charge in [-0.15, -0.1) is 11.3 Å². The lowest BCUT2D eigenvalue weighted by Gasteiger charge is -2.23. The fourth-order valence-electron chi connectivity index (χ4n) is 4.78. The summed E-state index contributed by atoms with van der Waals surface area (Å²) in [5.41, 5.74) is 1.46. The summed E-state index contributed by atoms with van der Waals surface area (Å²) in [4.78, 5) is 38.4. The number of amides is 1. The number of ether oxygens (including phenoxy) is 1. The molecular weight excluding hydrogens is 366 g/mol. The topological polar surface area (TPSA) is 92.7 Å². The molecule has 1 saturated carbocycles. The average molecular weight is 389 g/mol. The molecule has 1 fully saturated rings. The minimum atomic E-state index is -0.928. The summed E-state index contributed by atoms with van der Waals surface area (Å²) in [6, 6.07) is 0. The number of rotatable bonds is 5. The molecule has 4 rings (SSSR count). The Kier molecular flexibility index (Phi) is 4.80. The van der Waals surface area contributed by atoms with E-state index in [9.17, 15) is 19.5 Å². The van der Waals surface area contributed by atoms with Crippen LogP contribution >= 0.6 is 11.3 Å². The van der Waals surface area contributed by atoms with Gasteiger partial charge in [0.2, 0.25) is 5.91 Å². The Bertz CT molecular complexity index is 827. The third kappa shape index (κ3) is 3.08.